The van der Waals surface area contributed by atoms with Gasteiger partial charge >= 0.3 is 5.69 Å². The van der Waals surface area contributed by atoms with Gasteiger partial charge in [0, 0.05) is 12.6 Å². The highest BCUT2D eigenvalue weighted by Crippen LogP contribution is 2.36. The van der Waals surface area contributed by atoms with Gasteiger partial charge in [0.05, 0.1) is 12.0 Å². The molecule has 0 radical (unpaired) electrons. The number of methoxy groups -OCH3 is 1. The summed E-state index contributed by atoms with van der Waals surface area (Å²) >= 11 is 0. The molecule has 2 aromatic rings. The van der Waals surface area contributed by atoms with Crippen molar-refractivity contribution >= 4 is 11.5 Å². The van der Waals surface area contributed by atoms with Gasteiger partial charge < -0.3 is 10.1 Å². The Labute approximate surface area is 122 Å². The molecule has 0 aliphatic carbocycles. The average molecular weight is 288 g/mol. The molecule has 0 saturated heterocycles. The van der Waals surface area contributed by atoms with Crippen molar-refractivity contribution in [2.45, 2.75) is 13.8 Å². The van der Waals surface area contributed by atoms with Crippen LogP contribution in [0.25, 0.3) is 11.3 Å². The number of benzene rings is 1. The summed E-state index contributed by atoms with van der Waals surface area (Å²) in [5.41, 5.74) is 2.59. The van der Waals surface area contributed by atoms with Gasteiger partial charge in [-0.2, -0.15) is 0 Å². The van der Waals surface area contributed by atoms with Crippen molar-refractivity contribution < 1.29 is 9.66 Å². The first kappa shape index (κ1) is 14.7. The smallest absolute Gasteiger partial charge is 0.337 e. The molecule has 0 spiro atoms. The molecule has 0 atom stereocenters. The molecule has 1 aromatic heterocycles. The second-order valence-corrected chi connectivity index (χ2v) is 4.56. The van der Waals surface area contributed by atoms with Gasteiger partial charge in [0.25, 0.3) is 0 Å². The molecule has 1 aromatic carbocycles. The van der Waals surface area contributed by atoms with Crippen molar-refractivity contribution in [2.24, 2.45) is 0 Å². The molecule has 0 bridgehead atoms. The van der Waals surface area contributed by atoms with Gasteiger partial charge in [-0.1, -0.05) is 0 Å². The minimum Gasteiger partial charge on any atom is -0.496 e. The Hall–Kier alpha value is -2.70. The summed E-state index contributed by atoms with van der Waals surface area (Å²) in [5, 5.41) is 14.1. The largest absolute Gasteiger partial charge is 0.496 e. The van der Waals surface area contributed by atoms with E-state index in [4.69, 9.17) is 4.74 Å². The molecule has 0 amide bonds. The Bertz CT molecular complexity index is 701. The van der Waals surface area contributed by atoms with E-state index >= 15 is 0 Å². The van der Waals surface area contributed by atoms with Gasteiger partial charge in [-0.05, 0) is 37.1 Å². The molecule has 1 N–H and O–H groups in total. The number of nitro groups is 1. The lowest BCUT2D eigenvalue weighted by Crippen LogP contribution is -2.04. The van der Waals surface area contributed by atoms with Crippen LogP contribution in [0.3, 0.4) is 0 Å². The predicted molar refractivity (Wildman–Crippen MR) is 79.7 cm³/mol. The van der Waals surface area contributed by atoms with E-state index < -0.39 is 4.92 Å². The minimum atomic E-state index is -0.472. The van der Waals surface area contributed by atoms with E-state index in [0.29, 0.717) is 11.3 Å². The molecular formula is C14H16N4O3. The summed E-state index contributed by atoms with van der Waals surface area (Å²) in [4.78, 5) is 18.9. The van der Waals surface area contributed by atoms with Crippen molar-refractivity contribution in [1.82, 2.24) is 9.97 Å². The van der Waals surface area contributed by atoms with E-state index in [1.54, 1.807) is 14.2 Å². The predicted octanol–water partition coefficient (Wildman–Crippen LogP) is 2.72. The Morgan fingerprint density at radius 2 is 1.95 bits per heavy atom. The molecule has 7 nitrogen and oxygen atoms in total. The molecule has 7 heteroatoms. The summed E-state index contributed by atoms with van der Waals surface area (Å²) in [7, 11) is 3.18. The first-order valence-corrected chi connectivity index (χ1v) is 6.32. The first-order chi connectivity index (χ1) is 9.99. The SMILES string of the molecule is CNc1ncnc(-c2cc(C)c(OC)cc2C)c1[N+](=O)[O-]. The van der Waals surface area contributed by atoms with Crippen LogP contribution in [-0.2, 0) is 0 Å². The lowest BCUT2D eigenvalue weighted by Gasteiger charge is -2.12. The molecule has 0 unspecified atom stereocenters. The topological polar surface area (TPSA) is 90.2 Å². The first-order valence-electron chi connectivity index (χ1n) is 6.32. The number of rotatable bonds is 4. The molecular weight excluding hydrogens is 272 g/mol. The van der Waals surface area contributed by atoms with Crippen LogP contribution in [0, 0.1) is 24.0 Å². The summed E-state index contributed by atoms with van der Waals surface area (Å²) < 4.78 is 5.26. The maximum absolute atomic E-state index is 11.4. The quantitative estimate of drug-likeness (QED) is 0.687. The molecule has 110 valence electrons. The number of nitrogens with one attached hydrogen (secondary N) is 1. The third-order valence-electron chi connectivity index (χ3n) is 3.24. The summed E-state index contributed by atoms with van der Waals surface area (Å²) in [5.74, 6) is 0.930. The van der Waals surface area contributed by atoms with Gasteiger partial charge in [-0.15, -0.1) is 0 Å². The molecule has 0 aliphatic heterocycles. The lowest BCUT2D eigenvalue weighted by atomic mass is 10.0. The van der Waals surface area contributed by atoms with E-state index in [0.717, 1.165) is 16.9 Å². The number of nitrogens with zero attached hydrogens (tertiary/aromatic N) is 3. The van der Waals surface area contributed by atoms with Crippen LogP contribution < -0.4 is 10.1 Å². The highest BCUT2D eigenvalue weighted by atomic mass is 16.6. The molecule has 0 fully saturated rings. The van der Waals surface area contributed by atoms with Gasteiger partial charge in [-0.25, -0.2) is 9.97 Å². The monoisotopic (exact) mass is 288 g/mol. The van der Waals surface area contributed by atoms with Crippen molar-refractivity contribution in [3.63, 3.8) is 0 Å². The van der Waals surface area contributed by atoms with Crippen LogP contribution in [0.15, 0.2) is 18.5 Å². The van der Waals surface area contributed by atoms with E-state index in [9.17, 15) is 10.1 Å². The second-order valence-electron chi connectivity index (χ2n) is 4.56. The van der Waals surface area contributed by atoms with Crippen LogP contribution in [0.5, 0.6) is 5.75 Å². The fourth-order valence-corrected chi connectivity index (χ4v) is 2.20. The zero-order valence-electron chi connectivity index (χ0n) is 12.3. The molecule has 21 heavy (non-hydrogen) atoms. The number of aromatic nitrogens is 2. The third kappa shape index (κ3) is 2.62. The number of ether oxygens (including phenoxy) is 1. The Morgan fingerprint density at radius 3 is 2.52 bits per heavy atom. The van der Waals surface area contributed by atoms with Gasteiger partial charge in [0.15, 0.2) is 5.69 Å². The molecule has 2 rings (SSSR count). The van der Waals surface area contributed by atoms with Crippen molar-refractivity contribution in [1.29, 1.82) is 0 Å². The van der Waals surface area contributed by atoms with Crippen LogP contribution in [-0.4, -0.2) is 29.0 Å². The molecule has 1 heterocycles. The fraction of sp³-hybridized carbons (Fsp3) is 0.286. The van der Waals surface area contributed by atoms with Crippen LogP contribution >= 0.6 is 0 Å². The standard InChI is InChI=1S/C14H16N4O3/c1-8-6-11(21-4)9(2)5-10(8)12-13(18(19)20)14(15-3)17-7-16-12/h5-7H,1-4H3,(H,15,16,17). The van der Waals surface area contributed by atoms with Crippen molar-refractivity contribution in [3.05, 3.63) is 39.7 Å². The number of aryl methyl sites for hydroxylation is 2. The van der Waals surface area contributed by atoms with Gasteiger partial charge in [-0.3, -0.25) is 10.1 Å². The minimum absolute atomic E-state index is 0.132. The highest BCUT2D eigenvalue weighted by Gasteiger charge is 2.24. The maximum atomic E-state index is 11.4. The second kappa shape index (κ2) is 5.74. The third-order valence-corrected chi connectivity index (χ3v) is 3.24. The van der Waals surface area contributed by atoms with Crippen LogP contribution in [0.4, 0.5) is 11.5 Å². The molecule has 0 aliphatic rings. The Kier molecular flexibility index (Phi) is 4.02. The van der Waals surface area contributed by atoms with E-state index in [1.165, 1.54) is 6.33 Å². The summed E-state index contributed by atoms with van der Waals surface area (Å²) in [6.45, 7) is 3.75. The van der Waals surface area contributed by atoms with Crippen LogP contribution in [0.2, 0.25) is 0 Å². The van der Waals surface area contributed by atoms with Crippen molar-refractivity contribution in [2.75, 3.05) is 19.5 Å². The Balaban J connectivity index is 2.73. The number of hydrogen-bond donors (Lipinski definition) is 1. The average Bonchev–Trinajstić information content (AvgIpc) is 2.48. The lowest BCUT2D eigenvalue weighted by molar-refractivity contribution is -0.383. The zero-order chi connectivity index (χ0) is 15.6. The van der Waals surface area contributed by atoms with Crippen molar-refractivity contribution in [3.8, 4) is 17.0 Å². The van der Waals surface area contributed by atoms with Crippen LogP contribution in [0.1, 0.15) is 11.1 Å². The highest BCUT2D eigenvalue weighted by molar-refractivity contribution is 5.79. The molecule has 0 saturated carbocycles. The number of anilines is 1. The van der Waals surface area contributed by atoms with E-state index in [-0.39, 0.29) is 11.5 Å². The van der Waals surface area contributed by atoms with Gasteiger partial charge in [0.1, 0.15) is 12.1 Å². The van der Waals surface area contributed by atoms with E-state index in [2.05, 4.69) is 15.3 Å². The van der Waals surface area contributed by atoms with Gasteiger partial charge in [0.2, 0.25) is 5.82 Å². The fourth-order valence-electron chi connectivity index (χ4n) is 2.20. The summed E-state index contributed by atoms with van der Waals surface area (Å²) in [6, 6.07) is 3.68. The normalized spacial score (nSPS) is 10.3. The summed E-state index contributed by atoms with van der Waals surface area (Å²) in [6.07, 6.45) is 1.31. The zero-order valence-corrected chi connectivity index (χ0v) is 12.3. The van der Waals surface area contributed by atoms with E-state index in [1.807, 2.05) is 26.0 Å². The Morgan fingerprint density at radius 1 is 1.24 bits per heavy atom. The maximum Gasteiger partial charge on any atom is 0.337 e. The number of hydrogen-bond acceptors (Lipinski definition) is 6.